The van der Waals surface area contributed by atoms with E-state index in [1.807, 2.05) is 6.07 Å². The minimum Gasteiger partial charge on any atom is -0.396 e. The van der Waals surface area contributed by atoms with Crippen LogP contribution in [0.3, 0.4) is 0 Å². The third-order valence-electron chi connectivity index (χ3n) is 3.99. The number of hydrogen-bond donors (Lipinski definition) is 3. The molecular formula is C14H22N4O3. The fourth-order valence-corrected chi connectivity index (χ4v) is 2.94. The summed E-state index contributed by atoms with van der Waals surface area (Å²) >= 11 is 0. The van der Waals surface area contributed by atoms with Gasteiger partial charge in [0.15, 0.2) is 0 Å². The Bertz CT molecular complexity index is 495. The third kappa shape index (κ3) is 3.90. The maximum absolute atomic E-state index is 11.0. The smallest absolute Gasteiger partial charge is 0.293 e. The molecule has 1 atom stereocenters. The lowest BCUT2D eigenvalue weighted by molar-refractivity contribution is -0.384. The molecule has 1 unspecified atom stereocenters. The highest BCUT2D eigenvalue weighted by Crippen LogP contribution is 2.28. The van der Waals surface area contributed by atoms with Crippen LogP contribution in [0.4, 0.5) is 11.4 Å². The van der Waals surface area contributed by atoms with Gasteiger partial charge in [-0.25, -0.2) is 0 Å². The van der Waals surface area contributed by atoms with Crippen LogP contribution in [0.1, 0.15) is 31.2 Å². The van der Waals surface area contributed by atoms with Crippen LogP contribution in [0.15, 0.2) is 18.2 Å². The Morgan fingerprint density at radius 3 is 3.00 bits per heavy atom. The highest BCUT2D eigenvalue weighted by Gasteiger charge is 2.24. The van der Waals surface area contributed by atoms with Crippen molar-refractivity contribution in [1.82, 2.24) is 4.90 Å². The zero-order chi connectivity index (χ0) is 15.2. The van der Waals surface area contributed by atoms with Crippen molar-refractivity contribution in [3.05, 3.63) is 33.9 Å². The molecule has 0 aromatic heterocycles. The normalized spacial score (nSPS) is 18.9. The molecule has 1 heterocycles. The summed E-state index contributed by atoms with van der Waals surface area (Å²) in [5.74, 6) is 5.29. The van der Waals surface area contributed by atoms with Crippen molar-refractivity contribution < 1.29 is 10.0 Å². The van der Waals surface area contributed by atoms with Crippen LogP contribution in [0.25, 0.3) is 0 Å². The molecule has 2 rings (SSSR count). The van der Waals surface area contributed by atoms with E-state index in [0.29, 0.717) is 18.3 Å². The number of likely N-dealkylation sites (tertiary alicyclic amines) is 1. The second-order valence-corrected chi connectivity index (χ2v) is 5.39. The van der Waals surface area contributed by atoms with Gasteiger partial charge in [-0.05, 0) is 43.9 Å². The van der Waals surface area contributed by atoms with E-state index in [2.05, 4.69) is 10.3 Å². The number of nitrogens with two attached hydrogens (primary N) is 1. The minimum atomic E-state index is -0.425. The van der Waals surface area contributed by atoms with Crippen molar-refractivity contribution in [1.29, 1.82) is 0 Å². The largest absolute Gasteiger partial charge is 0.396 e. The number of nitrogens with one attached hydrogen (secondary N) is 1. The average molecular weight is 294 g/mol. The van der Waals surface area contributed by atoms with E-state index in [1.54, 1.807) is 12.1 Å². The summed E-state index contributed by atoms with van der Waals surface area (Å²) in [5, 5.41) is 20.0. The Labute approximate surface area is 123 Å². The summed E-state index contributed by atoms with van der Waals surface area (Å²) in [4.78, 5) is 13.0. The topological polar surface area (TPSA) is 105 Å². The van der Waals surface area contributed by atoms with E-state index in [4.69, 9.17) is 10.9 Å². The second kappa shape index (κ2) is 7.35. The highest BCUT2D eigenvalue weighted by molar-refractivity contribution is 5.61. The first-order valence-electron chi connectivity index (χ1n) is 7.24. The van der Waals surface area contributed by atoms with Gasteiger partial charge in [-0.3, -0.25) is 20.9 Å². The Hall–Kier alpha value is -1.70. The van der Waals surface area contributed by atoms with Crippen LogP contribution in [0.2, 0.25) is 0 Å². The number of nitro groups is 1. The van der Waals surface area contributed by atoms with E-state index in [1.165, 1.54) is 0 Å². The molecule has 21 heavy (non-hydrogen) atoms. The average Bonchev–Trinajstić information content (AvgIpc) is 2.92. The van der Waals surface area contributed by atoms with Gasteiger partial charge in [0.1, 0.15) is 5.69 Å². The van der Waals surface area contributed by atoms with Gasteiger partial charge in [0.2, 0.25) is 0 Å². The maximum atomic E-state index is 11.0. The Balaban J connectivity index is 2.08. The number of anilines is 1. The van der Waals surface area contributed by atoms with Gasteiger partial charge >= 0.3 is 0 Å². The molecule has 0 aliphatic carbocycles. The predicted molar refractivity (Wildman–Crippen MR) is 80.7 cm³/mol. The van der Waals surface area contributed by atoms with Crippen molar-refractivity contribution in [3.8, 4) is 0 Å². The lowest BCUT2D eigenvalue weighted by Crippen LogP contribution is -2.29. The van der Waals surface area contributed by atoms with E-state index in [-0.39, 0.29) is 12.3 Å². The number of benzene rings is 1. The van der Waals surface area contributed by atoms with E-state index >= 15 is 0 Å². The van der Waals surface area contributed by atoms with Gasteiger partial charge in [-0.1, -0.05) is 6.07 Å². The number of nitrogens with zero attached hydrogens (tertiary/aromatic N) is 2. The summed E-state index contributed by atoms with van der Waals surface area (Å²) in [7, 11) is 0. The number of aliphatic hydroxyl groups excluding tert-OH is 1. The highest BCUT2D eigenvalue weighted by atomic mass is 16.6. The number of rotatable bonds is 7. The molecule has 4 N–H and O–H groups in total. The molecule has 0 bridgehead atoms. The number of nitro benzene ring substituents is 1. The summed E-state index contributed by atoms with van der Waals surface area (Å²) in [6.07, 6.45) is 4.05. The molecular weight excluding hydrogens is 272 g/mol. The Kier molecular flexibility index (Phi) is 5.49. The first kappa shape index (κ1) is 15.7. The summed E-state index contributed by atoms with van der Waals surface area (Å²) in [6.45, 7) is 1.91. The summed E-state index contributed by atoms with van der Waals surface area (Å²) < 4.78 is 0. The van der Waals surface area contributed by atoms with E-state index in [9.17, 15) is 10.1 Å². The van der Waals surface area contributed by atoms with Crippen LogP contribution in [-0.2, 0) is 6.54 Å². The van der Waals surface area contributed by atoms with Gasteiger partial charge < -0.3 is 10.5 Å². The zero-order valence-electron chi connectivity index (χ0n) is 12.0. The number of nitrogen functional groups attached to an aromatic ring is 1. The first-order valence-corrected chi connectivity index (χ1v) is 7.24. The fraction of sp³-hybridized carbons (Fsp3) is 0.571. The molecule has 7 heteroatoms. The molecule has 1 fully saturated rings. The van der Waals surface area contributed by atoms with Gasteiger partial charge in [-0.2, -0.15) is 0 Å². The molecule has 116 valence electrons. The molecule has 1 aliphatic heterocycles. The van der Waals surface area contributed by atoms with Crippen molar-refractivity contribution in [2.45, 2.75) is 38.3 Å². The monoisotopic (exact) mass is 294 g/mol. The predicted octanol–water partition coefficient (Wildman–Crippen LogP) is 1.62. The Morgan fingerprint density at radius 1 is 1.52 bits per heavy atom. The summed E-state index contributed by atoms with van der Waals surface area (Å²) in [6, 6.07) is 5.55. The maximum Gasteiger partial charge on any atom is 0.293 e. The Morgan fingerprint density at radius 2 is 2.33 bits per heavy atom. The molecule has 1 aromatic carbocycles. The molecule has 1 aliphatic rings. The number of hydrazine groups is 1. The van der Waals surface area contributed by atoms with Gasteiger partial charge in [0.25, 0.3) is 5.69 Å². The number of hydrogen-bond acceptors (Lipinski definition) is 6. The van der Waals surface area contributed by atoms with Crippen LogP contribution in [-0.4, -0.2) is 34.1 Å². The standard InChI is InChI=1S/C14H22N4O3/c15-16-13-6-5-11(9-14(13)18(20)21)10-17-7-1-3-12(17)4-2-8-19/h5-6,9,12,16,19H,1-4,7-8,10,15H2. The van der Waals surface area contributed by atoms with Crippen molar-refractivity contribution in [2.75, 3.05) is 18.6 Å². The van der Waals surface area contributed by atoms with E-state index < -0.39 is 4.92 Å². The van der Waals surface area contributed by atoms with Crippen LogP contribution in [0, 0.1) is 10.1 Å². The number of aliphatic hydroxyl groups is 1. The molecule has 1 aromatic rings. The van der Waals surface area contributed by atoms with Gasteiger partial charge in [0, 0.05) is 25.3 Å². The fourth-order valence-electron chi connectivity index (χ4n) is 2.94. The third-order valence-corrected chi connectivity index (χ3v) is 3.99. The molecule has 0 saturated carbocycles. The van der Waals surface area contributed by atoms with E-state index in [0.717, 1.165) is 37.8 Å². The van der Waals surface area contributed by atoms with Crippen molar-refractivity contribution in [2.24, 2.45) is 5.84 Å². The van der Waals surface area contributed by atoms with Gasteiger partial charge in [0.05, 0.1) is 4.92 Å². The molecule has 7 nitrogen and oxygen atoms in total. The van der Waals surface area contributed by atoms with Crippen LogP contribution in [0.5, 0.6) is 0 Å². The minimum absolute atomic E-state index is 0.00102. The van der Waals surface area contributed by atoms with Crippen molar-refractivity contribution >= 4 is 11.4 Å². The molecule has 0 spiro atoms. The second-order valence-electron chi connectivity index (χ2n) is 5.39. The molecule has 1 saturated heterocycles. The molecule has 0 amide bonds. The SMILES string of the molecule is NNc1ccc(CN2CCCC2CCCO)cc1[N+](=O)[O-]. The van der Waals surface area contributed by atoms with Gasteiger partial charge in [-0.15, -0.1) is 0 Å². The lowest BCUT2D eigenvalue weighted by atomic mass is 10.1. The zero-order valence-corrected chi connectivity index (χ0v) is 12.0. The van der Waals surface area contributed by atoms with Crippen molar-refractivity contribution in [3.63, 3.8) is 0 Å². The van der Waals surface area contributed by atoms with Crippen LogP contribution < -0.4 is 11.3 Å². The lowest BCUT2D eigenvalue weighted by Gasteiger charge is -2.24. The van der Waals surface area contributed by atoms with Crippen LogP contribution >= 0.6 is 0 Å². The quantitative estimate of drug-likeness (QED) is 0.401. The molecule has 0 radical (unpaired) electrons. The first-order chi connectivity index (χ1) is 10.2. The summed E-state index contributed by atoms with van der Waals surface area (Å²) in [5.41, 5.74) is 3.59.